The number of nitrogens with one attached hydrogen (secondary N) is 1. The van der Waals surface area contributed by atoms with Gasteiger partial charge < -0.3 is 11.1 Å². The second kappa shape index (κ2) is 10.8. The van der Waals surface area contributed by atoms with Gasteiger partial charge in [-0.1, -0.05) is 135 Å². The third-order valence-corrected chi connectivity index (χ3v) is 10.0. The largest absolute Gasteiger partial charge is 0.383 e. The van der Waals surface area contributed by atoms with Crippen molar-refractivity contribution in [3.63, 3.8) is 0 Å². The van der Waals surface area contributed by atoms with Crippen LogP contribution >= 0.6 is 0 Å². The van der Waals surface area contributed by atoms with Gasteiger partial charge in [-0.3, -0.25) is 4.99 Å². The van der Waals surface area contributed by atoms with Crippen LogP contribution in [-0.4, -0.2) is 12.1 Å². The number of aliphatic imine (C=N–C) groups is 2. The Hall–Kier alpha value is -5.48. The van der Waals surface area contributed by atoms with Crippen molar-refractivity contribution < 1.29 is 0 Å². The number of benzene rings is 5. The molecule has 1 spiro atoms. The normalized spacial score (nSPS) is 19.8. The molecular formula is C42H36N4. The maximum absolute atomic E-state index is 6.51. The summed E-state index contributed by atoms with van der Waals surface area (Å²) < 4.78 is 0. The van der Waals surface area contributed by atoms with Crippen LogP contribution in [0.5, 0.6) is 0 Å². The minimum atomic E-state index is -0.505. The van der Waals surface area contributed by atoms with Crippen LogP contribution < -0.4 is 11.1 Å². The van der Waals surface area contributed by atoms with Gasteiger partial charge in [-0.05, 0) is 58.0 Å². The van der Waals surface area contributed by atoms with Crippen molar-refractivity contribution in [3.8, 4) is 0 Å². The van der Waals surface area contributed by atoms with Gasteiger partial charge in [-0.2, -0.15) is 0 Å². The van der Waals surface area contributed by atoms with Gasteiger partial charge in [0, 0.05) is 45.1 Å². The van der Waals surface area contributed by atoms with Gasteiger partial charge >= 0.3 is 0 Å². The number of nitrogens with zero attached hydrogens (tertiary/aromatic N) is 2. The van der Waals surface area contributed by atoms with Crippen molar-refractivity contribution >= 4 is 34.6 Å². The van der Waals surface area contributed by atoms with Crippen LogP contribution in [0.25, 0.3) is 11.1 Å². The molecule has 5 aromatic carbocycles. The number of amidine groups is 1. The lowest BCUT2D eigenvalue weighted by Gasteiger charge is -2.32. The summed E-state index contributed by atoms with van der Waals surface area (Å²) in [7, 11) is 0. The van der Waals surface area contributed by atoms with E-state index in [2.05, 4.69) is 98.0 Å². The first-order valence-electron chi connectivity index (χ1n) is 16.0. The van der Waals surface area contributed by atoms with Gasteiger partial charge in [-0.25, -0.2) is 4.99 Å². The van der Waals surface area contributed by atoms with Crippen LogP contribution in [0, 0.1) is 5.41 Å². The Bertz CT molecular complexity index is 2090. The summed E-state index contributed by atoms with van der Waals surface area (Å²) in [4.78, 5) is 9.80. The highest BCUT2D eigenvalue weighted by Gasteiger charge is 2.69. The van der Waals surface area contributed by atoms with Crippen molar-refractivity contribution in [2.75, 3.05) is 5.32 Å². The maximum atomic E-state index is 6.51. The lowest BCUT2D eigenvalue weighted by Crippen LogP contribution is -2.28. The van der Waals surface area contributed by atoms with E-state index in [1.54, 1.807) is 5.57 Å². The molecular weight excluding hydrogens is 560 g/mol. The van der Waals surface area contributed by atoms with Crippen molar-refractivity contribution in [2.45, 2.75) is 31.8 Å². The van der Waals surface area contributed by atoms with E-state index in [9.17, 15) is 0 Å². The number of hydrogen-bond donors (Lipinski definition) is 2. The quantitative estimate of drug-likeness (QED) is 0.138. The van der Waals surface area contributed by atoms with Crippen LogP contribution in [0.4, 0.5) is 11.4 Å². The maximum Gasteiger partial charge on any atom is 0.167 e. The fourth-order valence-electron chi connectivity index (χ4n) is 7.68. The number of rotatable bonds is 8. The molecule has 4 nitrogen and oxygen atoms in total. The molecule has 0 bridgehead atoms. The summed E-state index contributed by atoms with van der Waals surface area (Å²) in [6.07, 6.45) is 4.87. The molecule has 2 unspecified atom stereocenters. The lowest BCUT2D eigenvalue weighted by molar-refractivity contribution is 0.353. The van der Waals surface area contributed by atoms with Gasteiger partial charge in [0.1, 0.15) is 5.84 Å². The minimum absolute atomic E-state index is 0.0839. The van der Waals surface area contributed by atoms with Gasteiger partial charge in [0.25, 0.3) is 0 Å². The lowest BCUT2D eigenvalue weighted by atomic mass is 9.70. The summed E-state index contributed by atoms with van der Waals surface area (Å²) >= 11 is 0. The first-order valence-corrected chi connectivity index (χ1v) is 16.0. The highest BCUT2D eigenvalue weighted by atomic mass is 15.0. The Balaban J connectivity index is 1.12. The van der Waals surface area contributed by atoms with E-state index in [1.165, 1.54) is 27.8 Å². The van der Waals surface area contributed by atoms with Crippen molar-refractivity contribution in [1.82, 2.24) is 0 Å². The molecule has 3 aliphatic rings. The molecule has 224 valence electrons. The number of hydrogen-bond acceptors (Lipinski definition) is 3. The molecule has 5 aromatic rings. The average molecular weight is 597 g/mol. The van der Waals surface area contributed by atoms with Gasteiger partial charge in [0.05, 0.1) is 0 Å². The van der Waals surface area contributed by atoms with Crippen molar-refractivity contribution in [1.29, 1.82) is 0 Å². The second-order valence-corrected chi connectivity index (χ2v) is 12.9. The predicted molar refractivity (Wildman–Crippen MR) is 192 cm³/mol. The van der Waals surface area contributed by atoms with Crippen molar-refractivity contribution in [2.24, 2.45) is 21.1 Å². The fourth-order valence-corrected chi connectivity index (χ4v) is 7.68. The molecule has 4 heteroatoms. The van der Waals surface area contributed by atoms with Crippen LogP contribution in [0.1, 0.15) is 59.8 Å². The zero-order chi connectivity index (χ0) is 31.3. The van der Waals surface area contributed by atoms with E-state index in [0.717, 1.165) is 34.5 Å². The first-order chi connectivity index (χ1) is 22.5. The molecule has 0 fully saturated rings. The fraction of sp³-hybridized carbons (Fsp3) is 0.143. The van der Waals surface area contributed by atoms with E-state index in [1.807, 2.05) is 66.9 Å². The number of para-hydroxylation sites is 1. The predicted octanol–water partition coefficient (Wildman–Crippen LogP) is 9.49. The molecule has 0 aromatic heterocycles. The standard InChI is InChI=1S/C42H36N4/c1-41(2)35-22-11-9-21-34(35)38-37-33(24-25-42(37,38)41)32-20-10-12-23-36(32)45-31-19-13-18-30(26-31)40(44-27-28-14-5-3-6-15-28)46-39(43)29-16-7-4-8-17-29/h3-24,26-27,40,45H,25H2,1-2H3,(H2,43,46)/b44-27+. The van der Waals surface area contributed by atoms with E-state index in [0.29, 0.717) is 5.84 Å². The SMILES string of the molecule is CC1(C)c2ccccc2C2=C3C(c4ccccc4Nc4cccc(C(/N=C(\N)c5ccccc5)/N=C/c5ccccc5)c4)=CCC321. The topological polar surface area (TPSA) is 62.8 Å². The third kappa shape index (κ3) is 4.44. The van der Waals surface area contributed by atoms with E-state index < -0.39 is 6.17 Å². The molecule has 0 saturated carbocycles. The van der Waals surface area contributed by atoms with E-state index >= 15 is 0 Å². The Morgan fingerprint density at radius 3 is 2.26 bits per heavy atom. The molecule has 3 N–H and O–H groups in total. The number of nitrogens with two attached hydrogens (primary N) is 1. The Morgan fingerprint density at radius 1 is 0.761 bits per heavy atom. The number of anilines is 2. The molecule has 0 heterocycles. The highest BCUT2D eigenvalue weighted by molar-refractivity contribution is 6.13. The summed E-state index contributed by atoms with van der Waals surface area (Å²) in [6.45, 7) is 4.84. The summed E-state index contributed by atoms with van der Waals surface area (Å²) in [5, 5.41) is 3.75. The molecule has 8 rings (SSSR count). The van der Waals surface area contributed by atoms with Gasteiger partial charge in [0.2, 0.25) is 0 Å². The highest BCUT2D eigenvalue weighted by Crippen LogP contribution is 2.80. The molecule has 0 aliphatic heterocycles. The van der Waals surface area contributed by atoms with E-state index in [4.69, 9.17) is 15.7 Å². The van der Waals surface area contributed by atoms with Crippen molar-refractivity contribution in [3.05, 3.63) is 178 Å². The summed E-state index contributed by atoms with van der Waals surface area (Å²) in [6, 6.07) is 45.9. The Labute approximate surface area is 270 Å². The molecule has 0 saturated heterocycles. The van der Waals surface area contributed by atoms with Gasteiger partial charge in [-0.15, -0.1) is 0 Å². The minimum Gasteiger partial charge on any atom is -0.383 e. The molecule has 46 heavy (non-hydrogen) atoms. The second-order valence-electron chi connectivity index (χ2n) is 12.9. The van der Waals surface area contributed by atoms with Gasteiger partial charge in [0.15, 0.2) is 6.17 Å². The smallest absolute Gasteiger partial charge is 0.167 e. The third-order valence-electron chi connectivity index (χ3n) is 10.0. The Morgan fingerprint density at radius 2 is 1.46 bits per heavy atom. The molecule has 0 amide bonds. The van der Waals surface area contributed by atoms with E-state index in [-0.39, 0.29) is 10.8 Å². The molecule has 3 aliphatic carbocycles. The number of allylic oxidation sites excluding steroid dienone is 4. The zero-order valence-corrected chi connectivity index (χ0v) is 26.1. The van der Waals surface area contributed by atoms with Crippen LogP contribution in [0.3, 0.4) is 0 Å². The summed E-state index contributed by atoms with van der Waals surface area (Å²) in [5.41, 5.74) is 20.2. The Kier molecular flexibility index (Phi) is 6.61. The average Bonchev–Trinajstić information content (AvgIpc) is 3.53. The monoisotopic (exact) mass is 596 g/mol. The van der Waals surface area contributed by atoms with Crippen LogP contribution in [0.15, 0.2) is 155 Å². The molecule has 2 atom stereocenters. The van der Waals surface area contributed by atoms with Crippen LogP contribution in [0.2, 0.25) is 0 Å². The van der Waals surface area contributed by atoms with Crippen LogP contribution in [-0.2, 0) is 5.41 Å². The summed E-state index contributed by atoms with van der Waals surface area (Å²) in [5.74, 6) is 0.454. The molecule has 0 radical (unpaired) electrons. The first kappa shape index (κ1) is 28.0. The number of fused-ring (bicyclic) bond motifs is 2. The zero-order valence-electron chi connectivity index (χ0n) is 26.1.